The van der Waals surface area contributed by atoms with Gasteiger partial charge in [0.05, 0.1) is 11.0 Å². The topological polar surface area (TPSA) is 49.8 Å². The SMILES string of the molecule is Clc1ccc(Nc2nc3cc4ccccc4cc3nc2Nc2ccc(Cl)cc2)cc1. The quantitative estimate of drug-likeness (QED) is 0.288. The predicted molar refractivity (Wildman–Crippen MR) is 127 cm³/mol. The highest BCUT2D eigenvalue weighted by molar-refractivity contribution is 6.30. The zero-order chi connectivity index (χ0) is 20.5. The number of benzene rings is 4. The molecule has 0 aliphatic rings. The highest BCUT2D eigenvalue weighted by atomic mass is 35.5. The maximum Gasteiger partial charge on any atom is 0.174 e. The minimum Gasteiger partial charge on any atom is -0.337 e. The third-order valence-corrected chi connectivity index (χ3v) is 5.25. The van der Waals surface area contributed by atoms with E-state index in [4.69, 9.17) is 33.2 Å². The van der Waals surface area contributed by atoms with Gasteiger partial charge in [0, 0.05) is 21.4 Å². The first-order valence-corrected chi connectivity index (χ1v) is 10.2. The van der Waals surface area contributed by atoms with E-state index in [0.717, 1.165) is 33.2 Å². The molecule has 5 aromatic rings. The molecule has 0 saturated carbocycles. The third kappa shape index (κ3) is 3.88. The van der Waals surface area contributed by atoms with Crippen molar-refractivity contribution < 1.29 is 0 Å². The van der Waals surface area contributed by atoms with E-state index < -0.39 is 0 Å². The Morgan fingerprint density at radius 3 is 1.33 bits per heavy atom. The van der Waals surface area contributed by atoms with Crippen molar-refractivity contribution in [2.24, 2.45) is 0 Å². The summed E-state index contributed by atoms with van der Waals surface area (Å²) in [6, 6.07) is 27.2. The Morgan fingerprint density at radius 1 is 0.533 bits per heavy atom. The molecular weight excluding hydrogens is 415 g/mol. The lowest BCUT2D eigenvalue weighted by molar-refractivity contribution is 1.27. The number of nitrogens with zero attached hydrogens (tertiary/aromatic N) is 2. The molecule has 0 atom stereocenters. The van der Waals surface area contributed by atoms with Gasteiger partial charge in [0.15, 0.2) is 11.6 Å². The summed E-state index contributed by atoms with van der Waals surface area (Å²) in [6.07, 6.45) is 0. The molecule has 1 aromatic heterocycles. The van der Waals surface area contributed by atoms with E-state index in [1.54, 1.807) is 0 Å². The van der Waals surface area contributed by atoms with Crippen molar-refractivity contribution in [1.29, 1.82) is 0 Å². The second-order valence-electron chi connectivity index (χ2n) is 6.87. The fourth-order valence-electron chi connectivity index (χ4n) is 3.26. The summed E-state index contributed by atoms with van der Waals surface area (Å²) in [5.74, 6) is 1.24. The standard InChI is InChI=1S/C24H16Cl2N4/c25-17-5-9-19(10-6-17)27-23-24(28-20-11-7-18(26)8-12-20)30-22-14-16-4-2-1-3-15(16)13-21(22)29-23/h1-14H,(H,27,29)(H,28,30). The molecule has 4 aromatic carbocycles. The van der Waals surface area contributed by atoms with Gasteiger partial charge in [0.25, 0.3) is 0 Å². The monoisotopic (exact) mass is 430 g/mol. The van der Waals surface area contributed by atoms with Gasteiger partial charge in [-0.15, -0.1) is 0 Å². The molecule has 0 amide bonds. The fourth-order valence-corrected chi connectivity index (χ4v) is 3.51. The summed E-state index contributed by atoms with van der Waals surface area (Å²) >= 11 is 12.0. The average Bonchev–Trinajstić information content (AvgIpc) is 2.76. The van der Waals surface area contributed by atoms with Crippen LogP contribution in [0.25, 0.3) is 21.8 Å². The molecule has 4 nitrogen and oxygen atoms in total. The maximum absolute atomic E-state index is 6.02. The maximum atomic E-state index is 6.02. The molecule has 0 radical (unpaired) electrons. The van der Waals surface area contributed by atoms with Crippen LogP contribution in [0.15, 0.2) is 84.9 Å². The van der Waals surface area contributed by atoms with Gasteiger partial charge < -0.3 is 10.6 Å². The normalized spacial score (nSPS) is 11.0. The Bertz CT molecular complexity index is 1240. The molecular formula is C24H16Cl2N4. The number of aromatic nitrogens is 2. The molecule has 0 aliphatic carbocycles. The number of fused-ring (bicyclic) bond motifs is 2. The van der Waals surface area contributed by atoms with Gasteiger partial charge in [-0.3, -0.25) is 0 Å². The second kappa shape index (κ2) is 7.82. The van der Waals surface area contributed by atoms with Crippen molar-refractivity contribution in [3.63, 3.8) is 0 Å². The zero-order valence-electron chi connectivity index (χ0n) is 15.7. The van der Waals surface area contributed by atoms with E-state index in [0.29, 0.717) is 21.7 Å². The highest BCUT2D eigenvalue weighted by Crippen LogP contribution is 2.30. The summed E-state index contributed by atoms with van der Waals surface area (Å²) < 4.78 is 0. The summed E-state index contributed by atoms with van der Waals surface area (Å²) in [7, 11) is 0. The van der Waals surface area contributed by atoms with Gasteiger partial charge in [-0.2, -0.15) is 0 Å². The third-order valence-electron chi connectivity index (χ3n) is 4.75. The first-order valence-electron chi connectivity index (χ1n) is 9.40. The first-order chi connectivity index (χ1) is 14.6. The van der Waals surface area contributed by atoms with Crippen LogP contribution in [-0.2, 0) is 0 Å². The molecule has 1 heterocycles. The predicted octanol–water partition coefficient (Wildman–Crippen LogP) is 7.58. The molecule has 30 heavy (non-hydrogen) atoms. The Hall–Kier alpha value is -3.34. The minimum absolute atomic E-state index is 0.620. The van der Waals surface area contributed by atoms with Gasteiger partial charge in [-0.05, 0) is 71.4 Å². The molecule has 5 rings (SSSR count). The van der Waals surface area contributed by atoms with E-state index in [2.05, 4.69) is 34.9 Å². The van der Waals surface area contributed by atoms with Crippen molar-refractivity contribution >= 4 is 68.0 Å². The highest BCUT2D eigenvalue weighted by Gasteiger charge is 2.11. The van der Waals surface area contributed by atoms with Gasteiger partial charge in [0.2, 0.25) is 0 Å². The van der Waals surface area contributed by atoms with E-state index in [1.807, 2.05) is 60.7 Å². The van der Waals surface area contributed by atoms with Crippen LogP contribution in [0, 0.1) is 0 Å². The van der Waals surface area contributed by atoms with Crippen molar-refractivity contribution in [3.8, 4) is 0 Å². The van der Waals surface area contributed by atoms with Crippen molar-refractivity contribution in [3.05, 3.63) is 95.0 Å². The Kier molecular flexibility index (Phi) is 4.87. The average molecular weight is 431 g/mol. The lowest BCUT2D eigenvalue weighted by atomic mass is 10.1. The zero-order valence-corrected chi connectivity index (χ0v) is 17.2. The van der Waals surface area contributed by atoms with Crippen molar-refractivity contribution in [2.75, 3.05) is 10.6 Å². The van der Waals surface area contributed by atoms with Crippen molar-refractivity contribution in [2.45, 2.75) is 0 Å². The van der Waals surface area contributed by atoms with E-state index >= 15 is 0 Å². The number of hydrogen-bond acceptors (Lipinski definition) is 4. The minimum atomic E-state index is 0.620. The molecule has 0 spiro atoms. The number of hydrogen-bond donors (Lipinski definition) is 2. The number of halogens is 2. The van der Waals surface area contributed by atoms with Crippen LogP contribution < -0.4 is 10.6 Å². The molecule has 0 fully saturated rings. The van der Waals surface area contributed by atoms with Gasteiger partial charge >= 0.3 is 0 Å². The van der Waals surface area contributed by atoms with Gasteiger partial charge in [-0.1, -0.05) is 47.5 Å². The number of rotatable bonds is 4. The summed E-state index contributed by atoms with van der Waals surface area (Å²) in [4.78, 5) is 9.72. The summed E-state index contributed by atoms with van der Waals surface area (Å²) in [5, 5.41) is 10.3. The molecule has 0 bridgehead atoms. The number of nitrogens with one attached hydrogen (secondary N) is 2. The van der Waals surface area contributed by atoms with Gasteiger partial charge in [0.1, 0.15) is 0 Å². The lowest BCUT2D eigenvalue weighted by Crippen LogP contribution is -2.03. The van der Waals surface area contributed by atoms with Crippen LogP contribution in [0.4, 0.5) is 23.0 Å². The van der Waals surface area contributed by atoms with Crippen LogP contribution >= 0.6 is 23.2 Å². The Balaban J connectivity index is 1.63. The van der Waals surface area contributed by atoms with E-state index in [9.17, 15) is 0 Å². The van der Waals surface area contributed by atoms with Crippen LogP contribution in [0.1, 0.15) is 0 Å². The van der Waals surface area contributed by atoms with E-state index in [1.165, 1.54) is 0 Å². The first kappa shape index (κ1) is 18.7. The summed E-state index contributed by atoms with van der Waals surface area (Å²) in [5.41, 5.74) is 3.36. The largest absolute Gasteiger partial charge is 0.337 e. The van der Waals surface area contributed by atoms with E-state index in [-0.39, 0.29) is 0 Å². The number of anilines is 4. The van der Waals surface area contributed by atoms with Gasteiger partial charge in [-0.25, -0.2) is 9.97 Å². The lowest BCUT2D eigenvalue weighted by Gasteiger charge is -2.14. The molecule has 6 heteroatoms. The molecule has 0 aliphatic heterocycles. The fraction of sp³-hybridized carbons (Fsp3) is 0. The van der Waals surface area contributed by atoms with Crippen LogP contribution in [-0.4, -0.2) is 9.97 Å². The van der Waals surface area contributed by atoms with Crippen LogP contribution in [0.3, 0.4) is 0 Å². The molecule has 0 saturated heterocycles. The molecule has 146 valence electrons. The van der Waals surface area contributed by atoms with Crippen LogP contribution in [0.5, 0.6) is 0 Å². The second-order valence-corrected chi connectivity index (χ2v) is 7.75. The molecule has 0 unspecified atom stereocenters. The Labute approximate surface area is 183 Å². The summed E-state index contributed by atoms with van der Waals surface area (Å²) in [6.45, 7) is 0. The smallest absolute Gasteiger partial charge is 0.174 e. The van der Waals surface area contributed by atoms with Crippen LogP contribution in [0.2, 0.25) is 10.0 Å². The Morgan fingerprint density at radius 2 is 0.933 bits per heavy atom. The molecule has 2 N–H and O–H groups in total. The van der Waals surface area contributed by atoms with Crippen molar-refractivity contribution in [1.82, 2.24) is 9.97 Å².